The molecule has 0 aliphatic carbocycles. The van der Waals surface area contributed by atoms with E-state index in [9.17, 15) is 19.2 Å². The van der Waals surface area contributed by atoms with Gasteiger partial charge in [0.1, 0.15) is 0 Å². The molecular formula is C36H68O8Sn. The summed E-state index contributed by atoms with van der Waals surface area (Å²) < 4.78 is 23.3. The topological polar surface area (TPSA) is 105 Å². The molecule has 0 N–H and O–H groups in total. The summed E-state index contributed by atoms with van der Waals surface area (Å²) in [7, 11) is 0. The third kappa shape index (κ3) is 23.6. The molecule has 0 aromatic carbocycles. The third-order valence-corrected chi connectivity index (χ3v) is 12.3. The summed E-state index contributed by atoms with van der Waals surface area (Å²) in [6, 6.07) is 0. The van der Waals surface area contributed by atoms with Crippen molar-refractivity contribution in [3.63, 3.8) is 0 Å². The van der Waals surface area contributed by atoms with Gasteiger partial charge < -0.3 is 0 Å². The molecule has 0 saturated heterocycles. The number of hydrogen-bond donors (Lipinski definition) is 0. The molecule has 9 heteroatoms. The fourth-order valence-corrected chi connectivity index (χ4v) is 11.3. The minimum atomic E-state index is -5.97. The molecule has 0 saturated carbocycles. The zero-order valence-electron chi connectivity index (χ0n) is 31.7. The second-order valence-corrected chi connectivity index (χ2v) is 23.9. The van der Waals surface area contributed by atoms with Gasteiger partial charge in [-0.15, -0.1) is 0 Å². The Labute approximate surface area is 281 Å². The molecule has 0 aliphatic rings. The Morgan fingerprint density at radius 1 is 0.400 bits per heavy atom. The molecule has 0 bridgehead atoms. The number of carbonyl (C=O) groups excluding carboxylic acids is 4. The van der Waals surface area contributed by atoms with Crippen LogP contribution in [0.2, 0.25) is 0 Å². The second-order valence-electron chi connectivity index (χ2n) is 18.7. The third-order valence-electron chi connectivity index (χ3n) is 6.86. The van der Waals surface area contributed by atoms with Gasteiger partial charge in [0.15, 0.2) is 0 Å². The molecular weight excluding hydrogens is 679 g/mol. The zero-order chi connectivity index (χ0) is 35.6. The van der Waals surface area contributed by atoms with E-state index in [4.69, 9.17) is 12.3 Å². The molecule has 4 unspecified atom stereocenters. The molecule has 0 radical (unpaired) electrons. The molecule has 45 heavy (non-hydrogen) atoms. The maximum atomic E-state index is 13.4. The van der Waals surface area contributed by atoms with Crippen LogP contribution in [0.15, 0.2) is 0 Å². The van der Waals surface area contributed by atoms with E-state index in [0.29, 0.717) is 0 Å². The fourth-order valence-electron chi connectivity index (χ4n) is 6.46. The zero-order valence-corrected chi connectivity index (χ0v) is 34.6. The van der Waals surface area contributed by atoms with Gasteiger partial charge >= 0.3 is 283 Å². The first-order valence-electron chi connectivity index (χ1n) is 16.9. The van der Waals surface area contributed by atoms with E-state index in [-0.39, 0.29) is 71.0 Å². The first-order chi connectivity index (χ1) is 20.0. The molecule has 0 aliphatic heterocycles. The Morgan fingerprint density at radius 2 is 0.556 bits per heavy atom. The quantitative estimate of drug-likeness (QED) is 0.144. The maximum absolute atomic E-state index is 13.4. The summed E-state index contributed by atoms with van der Waals surface area (Å²) in [4.78, 5) is 53.5. The van der Waals surface area contributed by atoms with Crippen molar-refractivity contribution in [1.82, 2.24) is 0 Å². The Kier molecular flexibility index (Phi) is 17.2. The van der Waals surface area contributed by atoms with Crippen LogP contribution in [0, 0.1) is 45.3 Å². The van der Waals surface area contributed by atoms with Crippen LogP contribution >= 0.6 is 0 Å². The van der Waals surface area contributed by atoms with Gasteiger partial charge in [0, 0.05) is 0 Å². The van der Waals surface area contributed by atoms with Crippen molar-refractivity contribution in [3.05, 3.63) is 0 Å². The molecule has 0 amide bonds. The summed E-state index contributed by atoms with van der Waals surface area (Å²) in [5.41, 5.74) is -0.107. The predicted octanol–water partition coefficient (Wildman–Crippen LogP) is 9.44. The summed E-state index contributed by atoms with van der Waals surface area (Å²) in [5, 5.41) is 0. The van der Waals surface area contributed by atoms with Crippen LogP contribution in [0.1, 0.15) is 162 Å². The van der Waals surface area contributed by atoms with Crippen molar-refractivity contribution < 1.29 is 31.5 Å². The van der Waals surface area contributed by atoms with E-state index in [1.807, 2.05) is 27.7 Å². The van der Waals surface area contributed by atoms with Gasteiger partial charge in [0.25, 0.3) is 0 Å². The van der Waals surface area contributed by atoms with E-state index >= 15 is 0 Å². The van der Waals surface area contributed by atoms with Crippen LogP contribution in [0.4, 0.5) is 0 Å². The molecule has 0 aromatic rings. The Bertz CT molecular complexity index is 804. The van der Waals surface area contributed by atoms with Crippen LogP contribution in [-0.2, 0) is 31.5 Å². The van der Waals surface area contributed by atoms with Gasteiger partial charge in [-0.3, -0.25) is 0 Å². The van der Waals surface area contributed by atoms with Crippen LogP contribution in [0.3, 0.4) is 0 Å². The van der Waals surface area contributed by atoms with Crippen LogP contribution in [0.25, 0.3) is 0 Å². The van der Waals surface area contributed by atoms with E-state index in [0.717, 1.165) is 25.7 Å². The van der Waals surface area contributed by atoms with Crippen molar-refractivity contribution in [3.8, 4) is 0 Å². The van der Waals surface area contributed by atoms with Gasteiger partial charge in [-0.05, 0) is 0 Å². The number of carbonyl (C=O) groups is 4. The van der Waals surface area contributed by atoms with Gasteiger partial charge in [-0.1, -0.05) is 0 Å². The molecule has 0 fully saturated rings. The van der Waals surface area contributed by atoms with Gasteiger partial charge in [0.2, 0.25) is 0 Å². The summed E-state index contributed by atoms with van der Waals surface area (Å²) in [6.45, 7) is 32.7. The van der Waals surface area contributed by atoms with Crippen molar-refractivity contribution in [2.75, 3.05) is 0 Å². The minimum absolute atomic E-state index is 0.00384. The summed E-state index contributed by atoms with van der Waals surface area (Å²) in [6.07, 6.45) is 2.97. The summed E-state index contributed by atoms with van der Waals surface area (Å²) in [5.74, 6) is -3.06. The second kappa shape index (κ2) is 17.7. The van der Waals surface area contributed by atoms with E-state index in [1.165, 1.54) is 0 Å². The molecule has 0 aromatic heterocycles. The fraction of sp³-hybridized carbons (Fsp3) is 0.889. The molecule has 0 heterocycles. The first-order valence-corrected chi connectivity index (χ1v) is 21.5. The molecule has 0 rings (SSSR count). The van der Waals surface area contributed by atoms with Crippen LogP contribution in [0.5, 0.6) is 0 Å². The van der Waals surface area contributed by atoms with Gasteiger partial charge in [-0.2, -0.15) is 0 Å². The van der Waals surface area contributed by atoms with E-state index in [2.05, 4.69) is 83.1 Å². The standard InChI is InChI=1S/4C9H18O2.Sn/c4*1-7(5-8(10)11)6-9(2,3)4;/h4*7H,5-6H2,1-4H3,(H,10,11);/q;;;;+4/p-4. The molecule has 4 atom stereocenters. The average molecular weight is 748 g/mol. The average Bonchev–Trinajstić information content (AvgIpc) is 2.65. The first kappa shape index (κ1) is 43.7. The predicted molar refractivity (Wildman–Crippen MR) is 182 cm³/mol. The Hall–Kier alpha value is -1.32. The molecule has 0 spiro atoms. The van der Waals surface area contributed by atoms with E-state index < -0.39 is 43.9 Å². The summed E-state index contributed by atoms with van der Waals surface area (Å²) >= 11 is -5.97. The number of hydrogen-bond acceptors (Lipinski definition) is 8. The van der Waals surface area contributed by atoms with Crippen molar-refractivity contribution >= 4 is 43.9 Å². The van der Waals surface area contributed by atoms with Crippen LogP contribution in [-0.4, -0.2) is 43.9 Å². The molecule has 8 nitrogen and oxygen atoms in total. The van der Waals surface area contributed by atoms with Gasteiger partial charge in [0.05, 0.1) is 0 Å². The van der Waals surface area contributed by atoms with Gasteiger partial charge in [-0.25, -0.2) is 0 Å². The Morgan fingerprint density at radius 3 is 0.689 bits per heavy atom. The van der Waals surface area contributed by atoms with Crippen molar-refractivity contribution in [1.29, 1.82) is 0 Å². The van der Waals surface area contributed by atoms with Crippen LogP contribution < -0.4 is 0 Å². The van der Waals surface area contributed by atoms with Crippen molar-refractivity contribution in [2.24, 2.45) is 45.3 Å². The van der Waals surface area contributed by atoms with Crippen molar-refractivity contribution in [2.45, 2.75) is 162 Å². The Balaban J connectivity index is 6.46. The normalized spacial score (nSPS) is 16.9. The molecule has 264 valence electrons. The SMILES string of the molecule is CC(CC(=O)[O][Sn]([O]C(=O)CC(C)CC(C)(C)C)([O]C(=O)CC(C)CC(C)(C)C)[O]C(=O)CC(C)CC(C)(C)C)CC(C)(C)C. The monoisotopic (exact) mass is 748 g/mol. The number of rotatable bonds is 16. The van der Waals surface area contributed by atoms with E-state index in [1.54, 1.807) is 0 Å².